The Kier molecular flexibility index (Phi) is 3.79. The van der Waals surface area contributed by atoms with Gasteiger partial charge in [0.25, 0.3) is 0 Å². The summed E-state index contributed by atoms with van der Waals surface area (Å²) in [6, 6.07) is 0. The van der Waals surface area contributed by atoms with Crippen molar-refractivity contribution in [3.8, 4) is 0 Å². The molecule has 1 heterocycles. The zero-order valence-corrected chi connectivity index (χ0v) is 9.00. The van der Waals surface area contributed by atoms with Crippen molar-refractivity contribution in [2.75, 3.05) is 0 Å². The van der Waals surface area contributed by atoms with E-state index >= 15 is 0 Å². The third kappa shape index (κ3) is 3.67. The van der Waals surface area contributed by atoms with Gasteiger partial charge >= 0.3 is 11.9 Å². The standard InChI is InChI=1S/C9H11NO4S/c1-5-6(2-3-8(11)12)15-7(10-5)4-9(13)14/h2-4H2,1H3,(H,11,12)(H,13,14). The van der Waals surface area contributed by atoms with E-state index in [2.05, 4.69) is 4.98 Å². The van der Waals surface area contributed by atoms with E-state index in [4.69, 9.17) is 10.2 Å². The number of carbonyl (C=O) groups is 2. The average molecular weight is 229 g/mol. The summed E-state index contributed by atoms with van der Waals surface area (Å²) in [6.07, 6.45) is 0.368. The van der Waals surface area contributed by atoms with Gasteiger partial charge in [0.2, 0.25) is 0 Å². The molecule has 0 atom stereocenters. The van der Waals surface area contributed by atoms with Gasteiger partial charge in [-0.05, 0) is 13.3 Å². The summed E-state index contributed by atoms with van der Waals surface area (Å²) >= 11 is 1.27. The lowest BCUT2D eigenvalue weighted by molar-refractivity contribution is -0.137. The molecule has 0 aliphatic rings. The van der Waals surface area contributed by atoms with Crippen molar-refractivity contribution < 1.29 is 19.8 Å². The first-order valence-corrected chi connectivity index (χ1v) is 5.19. The number of carboxylic acids is 2. The first-order valence-electron chi connectivity index (χ1n) is 4.38. The smallest absolute Gasteiger partial charge is 0.310 e. The van der Waals surface area contributed by atoms with Crippen molar-refractivity contribution in [2.24, 2.45) is 0 Å². The van der Waals surface area contributed by atoms with Crippen LogP contribution in [0.25, 0.3) is 0 Å². The summed E-state index contributed by atoms with van der Waals surface area (Å²) in [5.74, 6) is -1.78. The van der Waals surface area contributed by atoms with Crippen LogP contribution in [0.4, 0.5) is 0 Å². The molecule has 0 fully saturated rings. The SMILES string of the molecule is Cc1nc(CC(=O)O)sc1CCC(=O)O. The molecule has 1 rings (SSSR count). The van der Waals surface area contributed by atoms with E-state index in [1.165, 1.54) is 11.3 Å². The highest BCUT2D eigenvalue weighted by Gasteiger charge is 2.11. The summed E-state index contributed by atoms with van der Waals surface area (Å²) in [5, 5.41) is 17.6. The number of hydrogen-bond acceptors (Lipinski definition) is 4. The Labute approximate surface area is 90.4 Å². The van der Waals surface area contributed by atoms with Crippen molar-refractivity contribution >= 4 is 23.3 Å². The quantitative estimate of drug-likeness (QED) is 0.789. The van der Waals surface area contributed by atoms with E-state index in [9.17, 15) is 9.59 Å². The second-order valence-electron chi connectivity index (χ2n) is 3.08. The monoisotopic (exact) mass is 229 g/mol. The van der Waals surface area contributed by atoms with Gasteiger partial charge in [0.15, 0.2) is 0 Å². The highest BCUT2D eigenvalue weighted by atomic mass is 32.1. The van der Waals surface area contributed by atoms with E-state index in [0.717, 1.165) is 10.6 Å². The first-order chi connectivity index (χ1) is 6.99. The minimum Gasteiger partial charge on any atom is -0.481 e. The summed E-state index contributed by atoms with van der Waals surface area (Å²) in [4.78, 5) is 25.7. The number of nitrogens with zero attached hydrogens (tertiary/aromatic N) is 1. The number of carboxylic acid groups (broad SMARTS) is 2. The molecular formula is C9H11NO4S. The molecule has 0 spiro atoms. The fourth-order valence-corrected chi connectivity index (χ4v) is 2.21. The van der Waals surface area contributed by atoms with E-state index in [0.29, 0.717) is 11.4 Å². The zero-order chi connectivity index (χ0) is 11.4. The highest BCUT2D eigenvalue weighted by molar-refractivity contribution is 7.11. The van der Waals surface area contributed by atoms with Crippen molar-refractivity contribution in [3.63, 3.8) is 0 Å². The van der Waals surface area contributed by atoms with Crippen LogP contribution >= 0.6 is 11.3 Å². The van der Waals surface area contributed by atoms with Crippen LogP contribution < -0.4 is 0 Å². The molecule has 0 saturated carbocycles. The Bertz CT molecular complexity index is 385. The molecular weight excluding hydrogens is 218 g/mol. The lowest BCUT2D eigenvalue weighted by Gasteiger charge is -1.92. The Morgan fingerprint density at radius 2 is 2.00 bits per heavy atom. The van der Waals surface area contributed by atoms with Gasteiger partial charge in [0.1, 0.15) is 5.01 Å². The molecule has 0 bridgehead atoms. The minimum atomic E-state index is -0.923. The normalized spacial score (nSPS) is 10.2. The molecule has 5 nitrogen and oxygen atoms in total. The molecule has 0 aliphatic carbocycles. The minimum absolute atomic E-state index is 0.0511. The third-order valence-corrected chi connectivity index (χ3v) is 3.02. The van der Waals surface area contributed by atoms with E-state index in [1.807, 2.05) is 0 Å². The number of aliphatic carboxylic acids is 2. The van der Waals surface area contributed by atoms with Crippen LogP contribution in [0.5, 0.6) is 0 Å². The van der Waals surface area contributed by atoms with Gasteiger partial charge in [-0.2, -0.15) is 0 Å². The van der Waals surface area contributed by atoms with Crippen LogP contribution in [0.1, 0.15) is 22.0 Å². The maximum Gasteiger partial charge on any atom is 0.310 e. The second kappa shape index (κ2) is 4.88. The zero-order valence-electron chi connectivity index (χ0n) is 8.19. The molecule has 0 aliphatic heterocycles. The lowest BCUT2D eigenvalue weighted by Crippen LogP contribution is -1.98. The first kappa shape index (κ1) is 11.6. The van der Waals surface area contributed by atoms with Crippen LogP contribution in [0.15, 0.2) is 0 Å². The number of aryl methyl sites for hydroxylation is 2. The van der Waals surface area contributed by atoms with Gasteiger partial charge in [0, 0.05) is 4.88 Å². The molecule has 82 valence electrons. The summed E-state index contributed by atoms with van der Waals surface area (Å²) in [6.45, 7) is 1.76. The van der Waals surface area contributed by atoms with Crippen LogP contribution in [-0.2, 0) is 22.4 Å². The average Bonchev–Trinajstić information content (AvgIpc) is 2.41. The van der Waals surface area contributed by atoms with Crippen LogP contribution in [0, 0.1) is 6.92 Å². The molecule has 15 heavy (non-hydrogen) atoms. The fourth-order valence-electron chi connectivity index (χ4n) is 1.15. The van der Waals surface area contributed by atoms with Crippen molar-refractivity contribution in [2.45, 2.75) is 26.2 Å². The number of aromatic nitrogens is 1. The largest absolute Gasteiger partial charge is 0.481 e. The number of thiazole rings is 1. The van der Waals surface area contributed by atoms with Crippen LogP contribution in [-0.4, -0.2) is 27.1 Å². The van der Waals surface area contributed by atoms with Crippen molar-refractivity contribution in [3.05, 3.63) is 15.6 Å². The van der Waals surface area contributed by atoms with Crippen molar-refractivity contribution in [1.29, 1.82) is 0 Å². The lowest BCUT2D eigenvalue weighted by atomic mass is 10.2. The van der Waals surface area contributed by atoms with Crippen LogP contribution in [0.2, 0.25) is 0 Å². The van der Waals surface area contributed by atoms with E-state index < -0.39 is 11.9 Å². The molecule has 0 amide bonds. The second-order valence-corrected chi connectivity index (χ2v) is 4.25. The van der Waals surface area contributed by atoms with Crippen molar-refractivity contribution in [1.82, 2.24) is 4.98 Å². The molecule has 1 aromatic rings. The summed E-state index contributed by atoms with van der Waals surface area (Å²) in [7, 11) is 0. The fraction of sp³-hybridized carbons (Fsp3) is 0.444. The Balaban J connectivity index is 2.68. The van der Waals surface area contributed by atoms with Gasteiger partial charge in [-0.15, -0.1) is 11.3 Å². The molecule has 1 aromatic heterocycles. The maximum atomic E-state index is 10.4. The molecule has 0 saturated heterocycles. The van der Waals surface area contributed by atoms with Gasteiger partial charge < -0.3 is 10.2 Å². The third-order valence-electron chi connectivity index (χ3n) is 1.81. The highest BCUT2D eigenvalue weighted by Crippen LogP contribution is 2.20. The van der Waals surface area contributed by atoms with Gasteiger partial charge in [-0.1, -0.05) is 0 Å². The van der Waals surface area contributed by atoms with Crippen LogP contribution in [0.3, 0.4) is 0 Å². The Morgan fingerprint density at radius 1 is 1.33 bits per heavy atom. The molecule has 0 radical (unpaired) electrons. The van der Waals surface area contributed by atoms with E-state index in [1.54, 1.807) is 6.92 Å². The Hall–Kier alpha value is -1.43. The molecule has 0 aromatic carbocycles. The Morgan fingerprint density at radius 3 is 2.53 bits per heavy atom. The number of rotatable bonds is 5. The molecule has 6 heteroatoms. The predicted octanol–water partition coefficient (Wildman–Crippen LogP) is 1.10. The van der Waals surface area contributed by atoms with Gasteiger partial charge in [-0.25, -0.2) is 4.98 Å². The predicted molar refractivity (Wildman–Crippen MR) is 54.1 cm³/mol. The molecule has 0 unspecified atom stereocenters. The van der Waals surface area contributed by atoms with Gasteiger partial charge in [0.05, 0.1) is 18.5 Å². The summed E-state index contributed by atoms with van der Waals surface area (Å²) < 4.78 is 0. The number of hydrogen-bond donors (Lipinski definition) is 2. The molecule has 2 N–H and O–H groups in total. The van der Waals surface area contributed by atoms with Gasteiger partial charge in [-0.3, -0.25) is 9.59 Å². The maximum absolute atomic E-state index is 10.4. The summed E-state index contributed by atoms with van der Waals surface area (Å²) in [5.41, 5.74) is 0.734. The van der Waals surface area contributed by atoms with E-state index in [-0.39, 0.29) is 12.8 Å². The topological polar surface area (TPSA) is 87.5 Å².